The first-order valence-electron chi connectivity index (χ1n) is 11.4. The van der Waals surface area contributed by atoms with Crippen LogP contribution in [0.3, 0.4) is 0 Å². The van der Waals surface area contributed by atoms with E-state index in [2.05, 4.69) is 22.2 Å². The third kappa shape index (κ3) is 4.40. The predicted molar refractivity (Wildman–Crippen MR) is 131 cm³/mol. The first-order valence-corrected chi connectivity index (χ1v) is 11.4. The van der Waals surface area contributed by atoms with Gasteiger partial charge in [-0.25, -0.2) is 14.2 Å². The van der Waals surface area contributed by atoms with Crippen molar-refractivity contribution in [2.75, 3.05) is 59.4 Å². The lowest BCUT2D eigenvalue weighted by atomic mass is 9.92. The minimum absolute atomic E-state index is 0.279. The number of rotatable bonds is 4. The molecule has 0 aromatic heterocycles. The molecule has 2 aliphatic heterocycles. The van der Waals surface area contributed by atoms with E-state index in [9.17, 15) is 4.79 Å². The molecule has 2 aliphatic rings. The number of hydrazone groups is 1. The van der Waals surface area contributed by atoms with Crippen LogP contribution in [0.5, 0.6) is 11.5 Å². The summed E-state index contributed by atoms with van der Waals surface area (Å²) in [5.74, 6) is 0.258. The molecule has 0 bridgehead atoms. The van der Waals surface area contributed by atoms with Gasteiger partial charge in [0.15, 0.2) is 11.5 Å². The molecule has 0 unspecified atom stereocenters. The van der Waals surface area contributed by atoms with Crippen LogP contribution in [0.4, 0.5) is 14.9 Å². The number of hydrogen-bond acceptors (Lipinski definition) is 6. The molecule has 9 heteroatoms. The van der Waals surface area contributed by atoms with Crippen molar-refractivity contribution in [1.82, 2.24) is 15.2 Å². The average Bonchev–Trinajstić information content (AvgIpc) is 3.01. The Morgan fingerprint density at radius 1 is 1.12 bits per heavy atom. The third-order valence-electron chi connectivity index (χ3n) is 6.52. The number of anilines is 1. The molecule has 182 valence electrons. The van der Waals surface area contributed by atoms with Gasteiger partial charge in [0, 0.05) is 56.1 Å². The maximum Gasteiger partial charge on any atom is 0.337 e. The first-order chi connectivity index (χ1) is 16.4. The molecule has 2 heterocycles. The Labute approximate surface area is 199 Å². The van der Waals surface area contributed by atoms with Crippen LogP contribution in [-0.2, 0) is 6.42 Å². The molecule has 0 saturated carbocycles. The van der Waals surface area contributed by atoms with Gasteiger partial charge >= 0.3 is 6.03 Å². The second-order valence-electron chi connectivity index (χ2n) is 8.69. The number of likely N-dealkylation sites (N-methyl/N-ethyl adjacent to an activating group) is 1. The molecule has 0 aliphatic carbocycles. The van der Waals surface area contributed by atoms with Gasteiger partial charge in [-0.05, 0) is 32.5 Å². The van der Waals surface area contributed by atoms with Crippen molar-refractivity contribution in [2.24, 2.45) is 5.10 Å². The minimum atomic E-state index is -0.417. The van der Waals surface area contributed by atoms with E-state index in [1.807, 2.05) is 31.2 Å². The van der Waals surface area contributed by atoms with E-state index in [0.717, 1.165) is 37.4 Å². The van der Waals surface area contributed by atoms with Gasteiger partial charge in [-0.15, -0.1) is 0 Å². The maximum absolute atomic E-state index is 15.3. The van der Waals surface area contributed by atoms with E-state index >= 15 is 4.39 Å². The molecule has 1 saturated heterocycles. The summed E-state index contributed by atoms with van der Waals surface area (Å²) in [6, 6.07) is 8.62. The summed E-state index contributed by atoms with van der Waals surface area (Å²) in [6.07, 6.45) is 0.279. The molecule has 2 aromatic carbocycles. The lowest BCUT2D eigenvalue weighted by molar-refractivity contribution is 0.184. The number of nitrogens with one attached hydrogen (secondary N) is 1. The molecule has 1 N–H and O–H groups in total. The molecular formula is C25H32FN5O3. The highest BCUT2D eigenvalue weighted by Gasteiger charge is 2.32. The van der Waals surface area contributed by atoms with Crippen molar-refractivity contribution < 1.29 is 18.7 Å². The molecule has 4 rings (SSSR count). The van der Waals surface area contributed by atoms with Crippen LogP contribution in [0.15, 0.2) is 35.4 Å². The van der Waals surface area contributed by atoms with Crippen LogP contribution in [0.2, 0.25) is 0 Å². The number of amides is 2. The van der Waals surface area contributed by atoms with Gasteiger partial charge in [0.1, 0.15) is 11.5 Å². The zero-order valence-corrected chi connectivity index (χ0v) is 20.4. The summed E-state index contributed by atoms with van der Waals surface area (Å²) in [6.45, 7) is 5.78. The Morgan fingerprint density at radius 3 is 2.38 bits per heavy atom. The van der Waals surface area contributed by atoms with Crippen LogP contribution >= 0.6 is 0 Å². The smallest absolute Gasteiger partial charge is 0.337 e. The Morgan fingerprint density at radius 2 is 1.79 bits per heavy atom. The van der Waals surface area contributed by atoms with Gasteiger partial charge in [0.25, 0.3) is 0 Å². The van der Waals surface area contributed by atoms with Gasteiger partial charge < -0.3 is 24.6 Å². The van der Waals surface area contributed by atoms with E-state index < -0.39 is 5.82 Å². The number of carbonyl (C=O) groups excluding carboxylic acids is 1. The minimum Gasteiger partial charge on any atom is -0.493 e. The quantitative estimate of drug-likeness (QED) is 0.746. The van der Waals surface area contributed by atoms with Crippen molar-refractivity contribution in [1.29, 1.82) is 0 Å². The maximum atomic E-state index is 15.3. The fourth-order valence-corrected chi connectivity index (χ4v) is 4.55. The highest BCUT2D eigenvalue weighted by atomic mass is 19.1. The Kier molecular flexibility index (Phi) is 6.92. The fraction of sp³-hybridized carbons (Fsp3) is 0.440. The van der Waals surface area contributed by atoms with Gasteiger partial charge in [0.05, 0.1) is 25.8 Å². The third-order valence-corrected chi connectivity index (χ3v) is 6.52. The number of urea groups is 1. The summed E-state index contributed by atoms with van der Waals surface area (Å²) in [7, 11) is 6.68. The molecule has 34 heavy (non-hydrogen) atoms. The highest BCUT2D eigenvalue weighted by Crippen LogP contribution is 2.39. The van der Waals surface area contributed by atoms with Crippen LogP contribution < -0.4 is 19.7 Å². The van der Waals surface area contributed by atoms with E-state index in [4.69, 9.17) is 14.6 Å². The number of methoxy groups -OCH3 is 2. The highest BCUT2D eigenvalue weighted by molar-refractivity contribution is 6.16. The standard InChI is InChI=1S/C25H32FN5O3/c1-16-14-19-20(26)15-21(33-4)24(34-5)22(19)23(28-31(16)25(32)27-2)17-6-8-18(9-7-17)30-12-10-29(3)11-13-30/h6-9,15-16H,10-14H2,1-5H3,(H,27,32)/t16-/m0/s1. The number of piperazine rings is 1. The summed E-state index contributed by atoms with van der Waals surface area (Å²) in [5, 5.41) is 8.73. The average molecular weight is 470 g/mol. The summed E-state index contributed by atoms with van der Waals surface area (Å²) in [5.41, 5.74) is 3.28. The van der Waals surface area contributed by atoms with Gasteiger partial charge in [-0.2, -0.15) is 5.10 Å². The zero-order valence-electron chi connectivity index (χ0n) is 20.4. The number of ether oxygens (including phenoxy) is 2. The second-order valence-corrected chi connectivity index (χ2v) is 8.69. The van der Waals surface area contributed by atoms with Gasteiger partial charge in [0.2, 0.25) is 0 Å². The second kappa shape index (κ2) is 9.89. The topological polar surface area (TPSA) is 69.6 Å². The van der Waals surface area contributed by atoms with Crippen molar-refractivity contribution >= 4 is 17.4 Å². The number of halogens is 1. The van der Waals surface area contributed by atoms with Crippen molar-refractivity contribution in [3.63, 3.8) is 0 Å². The summed E-state index contributed by atoms with van der Waals surface area (Å²) >= 11 is 0. The van der Waals surface area contributed by atoms with Crippen LogP contribution in [0.1, 0.15) is 23.6 Å². The lowest BCUT2D eigenvalue weighted by Gasteiger charge is -2.34. The van der Waals surface area contributed by atoms with Crippen molar-refractivity contribution in [3.8, 4) is 11.5 Å². The first kappa shape index (κ1) is 23.8. The zero-order chi connectivity index (χ0) is 24.4. The SMILES string of the molecule is CNC(=O)N1N=C(c2ccc(N3CCN(C)CC3)cc2)c2c(c(F)cc(OC)c2OC)C[C@@H]1C. The number of carbonyl (C=O) groups is 1. The van der Waals surface area contributed by atoms with Crippen molar-refractivity contribution in [3.05, 3.63) is 52.8 Å². The summed E-state index contributed by atoms with van der Waals surface area (Å²) in [4.78, 5) is 17.3. The lowest BCUT2D eigenvalue weighted by Crippen LogP contribution is -2.44. The monoisotopic (exact) mass is 469 g/mol. The van der Waals surface area contributed by atoms with Crippen LogP contribution in [0.25, 0.3) is 0 Å². The molecule has 8 nitrogen and oxygen atoms in total. The molecule has 1 atom stereocenters. The van der Waals surface area contributed by atoms with E-state index in [0.29, 0.717) is 22.6 Å². The number of benzene rings is 2. The van der Waals surface area contributed by atoms with E-state index in [1.54, 1.807) is 7.05 Å². The van der Waals surface area contributed by atoms with E-state index in [-0.39, 0.29) is 24.2 Å². The number of hydrogen-bond donors (Lipinski definition) is 1. The van der Waals surface area contributed by atoms with Gasteiger partial charge in [-0.3, -0.25) is 0 Å². The predicted octanol–water partition coefficient (Wildman–Crippen LogP) is 2.93. The number of nitrogens with zero attached hydrogens (tertiary/aromatic N) is 4. The molecule has 2 amide bonds. The molecule has 1 fully saturated rings. The Balaban J connectivity index is 1.85. The fourth-order valence-electron chi connectivity index (χ4n) is 4.55. The summed E-state index contributed by atoms with van der Waals surface area (Å²) < 4.78 is 26.4. The largest absolute Gasteiger partial charge is 0.493 e. The van der Waals surface area contributed by atoms with E-state index in [1.165, 1.54) is 25.3 Å². The molecule has 0 radical (unpaired) electrons. The Hall–Kier alpha value is -3.33. The van der Waals surface area contributed by atoms with Crippen molar-refractivity contribution in [2.45, 2.75) is 19.4 Å². The Bertz CT molecular complexity index is 1080. The van der Waals surface area contributed by atoms with Crippen LogP contribution in [-0.4, -0.2) is 82.2 Å². The normalized spacial score (nSPS) is 18.6. The molecule has 0 spiro atoms. The molecule has 2 aromatic rings. The van der Waals surface area contributed by atoms with Gasteiger partial charge in [-0.1, -0.05) is 12.1 Å². The molecular weight excluding hydrogens is 437 g/mol. The van der Waals surface area contributed by atoms with Crippen LogP contribution in [0, 0.1) is 5.82 Å². The number of fused-ring (bicyclic) bond motifs is 1.